The van der Waals surface area contributed by atoms with Crippen LogP contribution in [-0.4, -0.2) is 9.97 Å². The van der Waals surface area contributed by atoms with Crippen molar-refractivity contribution in [3.8, 4) is 11.5 Å². The van der Waals surface area contributed by atoms with E-state index < -0.39 is 0 Å². The standard InChI is InChI=1S/C15H13FN2OS/c1-3-13-17-14(8(2)15(20)18-13)12-7-9-6-10(16)4-5-11(9)19-12/h4-7H,3H2,1-2H3,(H,17,18,20). The fraction of sp³-hybridized carbons (Fsp3) is 0.200. The van der Waals surface area contributed by atoms with E-state index in [1.807, 2.05) is 19.9 Å². The molecular formula is C15H13FN2OS. The van der Waals surface area contributed by atoms with Crippen molar-refractivity contribution in [2.75, 3.05) is 0 Å². The van der Waals surface area contributed by atoms with Crippen molar-refractivity contribution in [3.63, 3.8) is 0 Å². The number of fused-ring (bicyclic) bond motifs is 1. The number of nitrogens with one attached hydrogen (secondary N) is 1. The van der Waals surface area contributed by atoms with Gasteiger partial charge in [-0.2, -0.15) is 0 Å². The van der Waals surface area contributed by atoms with Crippen LogP contribution in [0.1, 0.15) is 18.3 Å². The van der Waals surface area contributed by atoms with Crippen LogP contribution in [-0.2, 0) is 6.42 Å². The van der Waals surface area contributed by atoms with Gasteiger partial charge in [0.2, 0.25) is 0 Å². The third-order valence-electron chi connectivity index (χ3n) is 3.26. The van der Waals surface area contributed by atoms with Crippen LogP contribution in [0.5, 0.6) is 0 Å². The monoisotopic (exact) mass is 288 g/mol. The molecule has 0 bridgehead atoms. The summed E-state index contributed by atoms with van der Waals surface area (Å²) in [7, 11) is 0. The lowest BCUT2D eigenvalue weighted by atomic mass is 10.2. The summed E-state index contributed by atoms with van der Waals surface area (Å²) < 4.78 is 19.6. The Hall–Kier alpha value is -2.01. The lowest BCUT2D eigenvalue weighted by molar-refractivity contribution is 0.616. The van der Waals surface area contributed by atoms with Crippen LogP contribution in [0.25, 0.3) is 22.4 Å². The quantitative estimate of drug-likeness (QED) is 0.703. The fourth-order valence-electron chi connectivity index (χ4n) is 2.13. The highest BCUT2D eigenvalue weighted by atomic mass is 32.1. The second kappa shape index (κ2) is 4.83. The number of nitrogens with zero attached hydrogens (tertiary/aromatic N) is 1. The van der Waals surface area contributed by atoms with Crippen LogP contribution in [0, 0.1) is 17.4 Å². The fourth-order valence-corrected chi connectivity index (χ4v) is 2.34. The molecule has 0 radical (unpaired) electrons. The Balaban J connectivity index is 2.24. The molecule has 0 amide bonds. The highest BCUT2D eigenvalue weighted by Crippen LogP contribution is 2.29. The van der Waals surface area contributed by atoms with Crippen molar-refractivity contribution < 1.29 is 8.81 Å². The molecule has 1 N–H and O–H groups in total. The number of aromatic nitrogens is 2. The van der Waals surface area contributed by atoms with Gasteiger partial charge in [0.15, 0.2) is 5.76 Å². The maximum atomic E-state index is 13.2. The number of benzene rings is 1. The van der Waals surface area contributed by atoms with Gasteiger partial charge >= 0.3 is 0 Å². The molecule has 1 aromatic carbocycles. The van der Waals surface area contributed by atoms with E-state index in [0.717, 1.165) is 28.9 Å². The molecule has 0 spiro atoms. The number of aromatic amines is 1. The van der Waals surface area contributed by atoms with Crippen molar-refractivity contribution in [1.82, 2.24) is 9.97 Å². The van der Waals surface area contributed by atoms with Crippen LogP contribution in [0.3, 0.4) is 0 Å². The predicted molar refractivity (Wildman–Crippen MR) is 78.7 cm³/mol. The smallest absolute Gasteiger partial charge is 0.152 e. The Bertz CT molecular complexity index is 851. The number of rotatable bonds is 2. The van der Waals surface area contributed by atoms with Crippen molar-refractivity contribution in [3.05, 3.63) is 46.1 Å². The molecule has 3 nitrogen and oxygen atoms in total. The maximum absolute atomic E-state index is 13.2. The normalized spacial score (nSPS) is 11.2. The zero-order chi connectivity index (χ0) is 14.3. The summed E-state index contributed by atoms with van der Waals surface area (Å²) in [5.41, 5.74) is 2.31. The first kappa shape index (κ1) is 13.0. The van der Waals surface area contributed by atoms with Crippen molar-refractivity contribution in [2.45, 2.75) is 20.3 Å². The molecule has 0 unspecified atom stereocenters. The predicted octanol–water partition coefficient (Wildman–Crippen LogP) is 4.56. The summed E-state index contributed by atoms with van der Waals surface area (Å²) in [6.07, 6.45) is 0.756. The average Bonchev–Trinajstić information content (AvgIpc) is 2.84. The SMILES string of the molecule is CCc1nc(=S)c(C)c(-c2cc3cc(F)ccc3o2)[nH]1. The van der Waals surface area contributed by atoms with E-state index in [2.05, 4.69) is 9.97 Å². The number of H-pyrrole nitrogens is 1. The minimum atomic E-state index is -0.279. The molecule has 0 saturated carbocycles. The number of hydrogen-bond donors (Lipinski definition) is 1. The molecule has 0 atom stereocenters. The highest BCUT2D eigenvalue weighted by molar-refractivity contribution is 7.71. The summed E-state index contributed by atoms with van der Waals surface area (Å²) in [5, 5.41) is 0.730. The van der Waals surface area contributed by atoms with Crippen LogP contribution in [0.4, 0.5) is 4.39 Å². The van der Waals surface area contributed by atoms with Crippen molar-refractivity contribution >= 4 is 23.2 Å². The first-order valence-electron chi connectivity index (χ1n) is 6.37. The van der Waals surface area contributed by atoms with Gasteiger partial charge in [-0.3, -0.25) is 0 Å². The molecule has 0 aliphatic heterocycles. The van der Waals surface area contributed by atoms with E-state index in [0.29, 0.717) is 16.0 Å². The van der Waals surface area contributed by atoms with E-state index in [1.165, 1.54) is 12.1 Å². The van der Waals surface area contributed by atoms with Gasteiger partial charge in [0.25, 0.3) is 0 Å². The first-order chi connectivity index (χ1) is 9.58. The zero-order valence-corrected chi connectivity index (χ0v) is 12.0. The average molecular weight is 288 g/mol. The number of furan rings is 1. The molecule has 0 fully saturated rings. The highest BCUT2D eigenvalue weighted by Gasteiger charge is 2.12. The van der Waals surface area contributed by atoms with Crippen LogP contribution < -0.4 is 0 Å². The molecule has 0 aliphatic rings. The molecule has 5 heteroatoms. The zero-order valence-electron chi connectivity index (χ0n) is 11.2. The summed E-state index contributed by atoms with van der Waals surface area (Å²) >= 11 is 5.26. The van der Waals surface area contributed by atoms with Gasteiger partial charge in [0.05, 0.1) is 5.69 Å². The summed E-state index contributed by atoms with van der Waals surface area (Å²) in [6, 6.07) is 6.27. The van der Waals surface area contributed by atoms with Gasteiger partial charge in [-0.05, 0) is 31.2 Å². The van der Waals surface area contributed by atoms with E-state index >= 15 is 0 Å². The van der Waals surface area contributed by atoms with Gasteiger partial charge in [-0.15, -0.1) is 0 Å². The van der Waals surface area contributed by atoms with Gasteiger partial charge in [-0.25, -0.2) is 9.37 Å². The van der Waals surface area contributed by atoms with Gasteiger partial charge in [0, 0.05) is 17.4 Å². The molecule has 3 aromatic rings. The Labute approximate surface area is 120 Å². The van der Waals surface area contributed by atoms with Crippen LogP contribution in [0.15, 0.2) is 28.7 Å². The lowest BCUT2D eigenvalue weighted by Crippen LogP contribution is -1.98. The Morgan fingerprint density at radius 1 is 1.35 bits per heavy atom. The van der Waals surface area contributed by atoms with Crippen LogP contribution >= 0.6 is 12.2 Å². The molecular weight excluding hydrogens is 275 g/mol. The minimum absolute atomic E-state index is 0.279. The molecule has 0 aliphatic carbocycles. The Kier molecular flexibility index (Phi) is 3.14. The van der Waals surface area contributed by atoms with E-state index in [1.54, 1.807) is 6.07 Å². The largest absolute Gasteiger partial charge is 0.455 e. The van der Waals surface area contributed by atoms with E-state index in [9.17, 15) is 4.39 Å². The lowest BCUT2D eigenvalue weighted by Gasteiger charge is -2.05. The molecule has 3 rings (SSSR count). The third kappa shape index (κ3) is 2.14. The van der Waals surface area contributed by atoms with Crippen LogP contribution in [0.2, 0.25) is 0 Å². The Morgan fingerprint density at radius 3 is 2.90 bits per heavy atom. The second-order valence-electron chi connectivity index (χ2n) is 4.64. The van der Waals surface area contributed by atoms with Gasteiger partial charge in [-0.1, -0.05) is 19.1 Å². The van der Waals surface area contributed by atoms with Gasteiger partial charge in [0.1, 0.15) is 21.9 Å². The summed E-state index contributed by atoms with van der Waals surface area (Å²) in [4.78, 5) is 7.53. The second-order valence-corrected chi connectivity index (χ2v) is 5.02. The van der Waals surface area contributed by atoms with Crippen molar-refractivity contribution in [1.29, 1.82) is 0 Å². The summed E-state index contributed by atoms with van der Waals surface area (Å²) in [5.74, 6) is 1.17. The molecule has 102 valence electrons. The van der Waals surface area contributed by atoms with Gasteiger partial charge < -0.3 is 9.40 Å². The molecule has 0 saturated heterocycles. The molecule has 2 heterocycles. The maximum Gasteiger partial charge on any atom is 0.152 e. The topological polar surface area (TPSA) is 41.8 Å². The first-order valence-corrected chi connectivity index (χ1v) is 6.78. The number of halogens is 1. The minimum Gasteiger partial charge on any atom is -0.455 e. The van der Waals surface area contributed by atoms with Crippen molar-refractivity contribution in [2.24, 2.45) is 0 Å². The summed E-state index contributed by atoms with van der Waals surface area (Å²) in [6.45, 7) is 3.90. The van der Waals surface area contributed by atoms with E-state index in [-0.39, 0.29) is 5.82 Å². The Morgan fingerprint density at radius 2 is 2.15 bits per heavy atom. The third-order valence-corrected chi connectivity index (χ3v) is 3.66. The molecule has 2 aromatic heterocycles. The molecule has 20 heavy (non-hydrogen) atoms. The number of aryl methyl sites for hydroxylation is 1. The van der Waals surface area contributed by atoms with E-state index in [4.69, 9.17) is 16.6 Å². The number of hydrogen-bond acceptors (Lipinski definition) is 3.